The molecule has 0 spiro atoms. The van der Waals surface area contributed by atoms with E-state index in [0.717, 1.165) is 0 Å². The van der Waals surface area contributed by atoms with Gasteiger partial charge in [0.1, 0.15) is 40.3 Å². The molecule has 2 aromatic rings. The van der Waals surface area contributed by atoms with Gasteiger partial charge in [-0.05, 0) is 25.5 Å². The molecule has 0 radical (unpaired) electrons. The number of fused-ring (bicyclic) bond motifs is 3. The minimum Gasteiger partial charge on any atom is -0.507 e. The third kappa shape index (κ3) is 3.49. The minimum absolute atomic E-state index is 0.0156. The van der Waals surface area contributed by atoms with E-state index in [-0.39, 0.29) is 57.8 Å². The van der Waals surface area contributed by atoms with Gasteiger partial charge in [-0.15, -0.1) is 0 Å². The van der Waals surface area contributed by atoms with Crippen molar-refractivity contribution >= 4 is 29.2 Å². The van der Waals surface area contributed by atoms with Crippen LogP contribution in [0.3, 0.4) is 0 Å². The van der Waals surface area contributed by atoms with Gasteiger partial charge in [-0.2, -0.15) is 0 Å². The fraction of sp³-hybridized carbons (Fsp3) is 0.480. The Kier molecular flexibility index (Phi) is 5.49. The number of benzene rings is 1. The summed E-state index contributed by atoms with van der Waals surface area (Å²) in [6, 6.07) is 3.80. The number of nitrogens with zero attached hydrogens (tertiary/aromatic N) is 4. The van der Waals surface area contributed by atoms with E-state index in [1.165, 1.54) is 18.2 Å². The van der Waals surface area contributed by atoms with Gasteiger partial charge in [-0.1, -0.05) is 17.7 Å². The Balaban J connectivity index is 1.54. The van der Waals surface area contributed by atoms with Crippen LogP contribution in [0.1, 0.15) is 30.1 Å². The zero-order chi connectivity index (χ0) is 25.2. The number of amides is 2. The molecule has 2 N–H and O–H groups in total. The molecule has 190 valence electrons. The summed E-state index contributed by atoms with van der Waals surface area (Å²) in [6.07, 6.45) is 1.18. The minimum atomic E-state index is -0.685. The summed E-state index contributed by atoms with van der Waals surface area (Å²) in [5, 5.41) is 13.8. The lowest BCUT2D eigenvalue weighted by Gasteiger charge is -2.46. The maximum absolute atomic E-state index is 15.0. The van der Waals surface area contributed by atoms with Crippen molar-refractivity contribution in [3.63, 3.8) is 0 Å². The lowest BCUT2D eigenvalue weighted by Crippen LogP contribution is -2.59. The average Bonchev–Trinajstić information content (AvgIpc) is 3.07. The number of rotatable bonds is 2. The van der Waals surface area contributed by atoms with Gasteiger partial charge < -0.3 is 29.9 Å². The first-order chi connectivity index (χ1) is 17.3. The number of ether oxygens (including phenoxy) is 1. The summed E-state index contributed by atoms with van der Waals surface area (Å²) < 4.78 is 21.1. The van der Waals surface area contributed by atoms with Gasteiger partial charge in [0.05, 0.1) is 17.1 Å². The summed E-state index contributed by atoms with van der Waals surface area (Å²) in [4.78, 5) is 36.7. The molecular weight excluding hydrogens is 489 g/mol. The molecule has 36 heavy (non-hydrogen) atoms. The third-order valence-electron chi connectivity index (χ3n) is 7.80. The van der Waals surface area contributed by atoms with Gasteiger partial charge in [0.2, 0.25) is 5.91 Å². The maximum atomic E-state index is 15.0. The first-order valence-electron chi connectivity index (χ1n) is 12.2. The Labute approximate surface area is 212 Å². The van der Waals surface area contributed by atoms with Gasteiger partial charge >= 0.3 is 0 Å². The summed E-state index contributed by atoms with van der Waals surface area (Å²) in [5.74, 6) is -0.631. The highest BCUT2D eigenvalue weighted by Gasteiger charge is 2.47. The first-order valence-corrected chi connectivity index (χ1v) is 12.6. The van der Waals surface area contributed by atoms with E-state index in [1.807, 2.05) is 16.7 Å². The van der Waals surface area contributed by atoms with Gasteiger partial charge in [0.15, 0.2) is 5.75 Å². The largest absolute Gasteiger partial charge is 0.507 e. The van der Waals surface area contributed by atoms with Gasteiger partial charge in [-0.3, -0.25) is 9.59 Å². The van der Waals surface area contributed by atoms with E-state index in [4.69, 9.17) is 21.3 Å². The normalized spacial score (nSPS) is 25.8. The van der Waals surface area contributed by atoms with Crippen molar-refractivity contribution < 1.29 is 23.8 Å². The van der Waals surface area contributed by atoms with E-state index in [0.29, 0.717) is 57.9 Å². The second-order valence-electron chi connectivity index (χ2n) is 10.1. The highest BCUT2D eigenvalue weighted by atomic mass is 35.5. The van der Waals surface area contributed by atoms with Crippen molar-refractivity contribution in [3.05, 3.63) is 34.6 Å². The number of aromatic hydroxyl groups is 1. The van der Waals surface area contributed by atoms with Crippen LogP contribution in [0.4, 0.5) is 10.2 Å². The fourth-order valence-corrected chi connectivity index (χ4v) is 6.18. The third-order valence-corrected chi connectivity index (χ3v) is 8.15. The zero-order valence-electron chi connectivity index (χ0n) is 19.9. The zero-order valence-corrected chi connectivity index (χ0v) is 20.6. The molecule has 0 saturated carbocycles. The van der Waals surface area contributed by atoms with Crippen LogP contribution in [0.25, 0.3) is 11.3 Å². The number of carbonyl (C=O) groups excluding carboxylic acids is 2. The number of pyridine rings is 1. The SMILES string of the molecule is CC12CCC(=O)N1CCN(c1nc(-c3c(O)cccc3F)c(Cl)c3c1C(=O)N1CCNC[C@@H]1CO3)C2. The second-order valence-corrected chi connectivity index (χ2v) is 10.4. The molecular formula is C25H27ClFN5O4. The molecule has 4 aliphatic heterocycles. The molecule has 1 aromatic heterocycles. The number of carbonyl (C=O) groups is 2. The molecule has 1 unspecified atom stereocenters. The Morgan fingerprint density at radius 1 is 1.25 bits per heavy atom. The summed E-state index contributed by atoms with van der Waals surface area (Å²) in [6.45, 7) is 5.40. The number of phenolic OH excluding ortho intramolecular Hbond substituents is 1. The van der Waals surface area contributed by atoms with Crippen LogP contribution in [0.15, 0.2) is 18.2 Å². The molecule has 6 rings (SSSR count). The van der Waals surface area contributed by atoms with Gasteiger partial charge in [0, 0.05) is 45.7 Å². The van der Waals surface area contributed by atoms with Crippen molar-refractivity contribution in [2.45, 2.75) is 31.3 Å². The molecule has 0 bridgehead atoms. The lowest BCUT2D eigenvalue weighted by atomic mass is 9.95. The molecule has 4 aliphatic rings. The quantitative estimate of drug-likeness (QED) is 0.633. The number of piperazine rings is 2. The van der Waals surface area contributed by atoms with Crippen LogP contribution in [-0.2, 0) is 4.79 Å². The lowest BCUT2D eigenvalue weighted by molar-refractivity contribution is -0.131. The van der Waals surface area contributed by atoms with E-state index in [1.54, 1.807) is 4.90 Å². The summed E-state index contributed by atoms with van der Waals surface area (Å²) in [7, 11) is 0. The molecule has 2 atom stereocenters. The molecule has 2 amide bonds. The number of nitrogens with one attached hydrogen (secondary N) is 1. The predicted molar refractivity (Wildman–Crippen MR) is 131 cm³/mol. The molecule has 3 fully saturated rings. The highest BCUT2D eigenvalue weighted by Crippen LogP contribution is 2.47. The standard InChI is InChI=1S/C25H27ClFN5O4/c1-25-6-5-17(34)32(25)10-9-30(13-25)23-19-22(36-12-14-11-28-7-8-31(14)24(19)35)20(26)21(29-23)18-15(27)3-2-4-16(18)33/h2-4,14,28,33H,5-13H2,1H3/t14-,25?/m1/s1. The Morgan fingerprint density at radius 3 is 2.89 bits per heavy atom. The fourth-order valence-electron chi connectivity index (χ4n) is 5.90. The summed E-state index contributed by atoms with van der Waals surface area (Å²) >= 11 is 6.76. The Bertz CT molecular complexity index is 1260. The number of hydrogen-bond donors (Lipinski definition) is 2. The highest BCUT2D eigenvalue weighted by molar-refractivity contribution is 6.35. The first kappa shape index (κ1) is 23.3. The Hall–Kier alpha value is -3.11. The smallest absolute Gasteiger partial charge is 0.261 e. The van der Waals surface area contributed by atoms with Crippen molar-refractivity contribution in [1.82, 2.24) is 20.1 Å². The van der Waals surface area contributed by atoms with E-state index in [2.05, 4.69) is 5.32 Å². The predicted octanol–water partition coefficient (Wildman–Crippen LogP) is 2.25. The molecule has 1 aromatic carbocycles. The van der Waals surface area contributed by atoms with E-state index < -0.39 is 11.4 Å². The van der Waals surface area contributed by atoms with Crippen LogP contribution in [-0.4, -0.2) is 89.2 Å². The van der Waals surface area contributed by atoms with Crippen molar-refractivity contribution in [2.75, 3.05) is 50.8 Å². The molecule has 0 aliphatic carbocycles. The average molecular weight is 516 g/mol. The summed E-state index contributed by atoms with van der Waals surface area (Å²) in [5.41, 5.74) is -0.296. The number of aromatic nitrogens is 1. The maximum Gasteiger partial charge on any atom is 0.261 e. The second kappa shape index (κ2) is 8.48. The van der Waals surface area contributed by atoms with Crippen LogP contribution in [0.2, 0.25) is 5.02 Å². The number of hydrogen-bond acceptors (Lipinski definition) is 7. The monoisotopic (exact) mass is 515 g/mol. The van der Waals surface area contributed by atoms with Crippen molar-refractivity contribution in [3.8, 4) is 22.8 Å². The van der Waals surface area contributed by atoms with Gasteiger partial charge in [0.25, 0.3) is 5.91 Å². The van der Waals surface area contributed by atoms with E-state index >= 15 is 0 Å². The molecule has 3 saturated heterocycles. The molecule has 11 heteroatoms. The van der Waals surface area contributed by atoms with Crippen LogP contribution < -0.4 is 15.0 Å². The van der Waals surface area contributed by atoms with E-state index in [9.17, 15) is 19.1 Å². The molecule has 9 nitrogen and oxygen atoms in total. The number of halogens is 2. The molecule has 5 heterocycles. The van der Waals surface area contributed by atoms with Crippen LogP contribution >= 0.6 is 11.6 Å². The topological polar surface area (TPSA) is 98.2 Å². The van der Waals surface area contributed by atoms with Gasteiger partial charge in [-0.25, -0.2) is 9.37 Å². The number of anilines is 1. The van der Waals surface area contributed by atoms with Crippen LogP contribution in [0.5, 0.6) is 11.5 Å². The van der Waals surface area contributed by atoms with Crippen molar-refractivity contribution in [1.29, 1.82) is 0 Å². The van der Waals surface area contributed by atoms with Crippen LogP contribution in [0, 0.1) is 5.82 Å². The van der Waals surface area contributed by atoms with Crippen molar-refractivity contribution in [2.24, 2.45) is 0 Å². The Morgan fingerprint density at radius 2 is 2.08 bits per heavy atom. The number of phenols is 1.